The first-order valence-electron chi connectivity index (χ1n) is 14.8. The third kappa shape index (κ3) is 5.91. The number of nitrogens with zero attached hydrogens (tertiary/aromatic N) is 2. The Hall–Kier alpha value is -2.06. The summed E-state index contributed by atoms with van der Waals surface area (Å²) in [5.74, 6) is 1.20. The van der Waals surface area contributed by atoms with Gasteiger partial charge in [-0.3, -0.25) is 4.90 Å². The van der Waals surface area contributed by atoms with Gasteiger partial charge in [-0.25, -0.2) is 0 Å². The lowest BCUT2D eigenvalue weighted by Gasteiger charge is -2.39. The monoisotopic (exact) mass is 484 g/mol. The van der Waals surface area contributed by atoms with Gasteiger partial charge in [0.2, 0.25) is 0 Å². The summed E-state index contributed by atoms with van der Waals surface area (Å²) >= 11 is 0. The van der Waals surface area contributed by atoms with Crippen LogP contribution in [0.5, 0.6) is 0 Å². The maximum absolute atomic E-state index is 4.75. The predicted octanol–water partition coefficient (Wildman–Crippen LogP) is 7.64. The van der Waals surface area contributed by atoms with Gasteiger partial charge in [-0.15, -0.1) is 0 Å². The van der Waals surface area contributed by atoms with Crippen molar-refractivity contribution < 1.29 is 0 Å². The number of hydrogen-bond acceptors (Lipinski definition) is 2. The Kier molecular flexibility index (Phi) is 8.21. The molecule has 1 fully saturated rings. The van der Waals surface area contributed by atoms with Crippen LogP contribution in [0.4, 0.5) is 0 Å². The highest BCUT2D eigenvalue weighted by molar-refractivity contribution is 5.40. The van der Waals surface area contributed by atoms with Crippen LogP contribution in [0, 0.1) is 18.8 Å². The zero-order chi connectivity index (χ0) is 25.1. The Morgan fingerprint density at radius 3 is 2.64 bits per heavy atom. The second-order valence-electron chi connectivity index (χ2n) is 12.4. The van der Waals surface area contributed by atoms with E-state index in [1.165, 1.54) is 87.6 Å². The molecule has 2 heteroatoms. The fourth-order valence-corrected chi connectivity index (χ4v) is 7.20. The van der Waals surface area contributed by atoms with E-state index in [0.717, 1.165) is 26.2 Å². The van der Waals surface area contributed by atoms with Gasteiger partial charge in [0.1, 0.15) is 0 Å². The third-order valence-electron chi connectivity index (χ3n) is 8.98. The van der Waals surface area contributed by atoms with Crippen molar-refractivity contribution in [3.05, 3.63) is 81.6 Å². The maximum Gasteiger partial charge on any atom is 0.0426 e. The molecule has 1 atom stereocenters. The number of likely N-dealkylation sites (tertiary alicyclic amines) is 1. The molecule has 1 unspecified atom stereocenters. The van der Waals surface area contributed by atoms with Crippen molar-refractivity contribution in [2.75, 3.05) is 19.6 Å². The molecule has 2 aromatic carbocycles. The van der Waals surface area contributed by atoms with Crippen molar-refractivity contribution in [3.8, 4) is 0 Å². The predicted molar refractivity (Wildman–Crippen MR) is 153 cm³/mol. The largest absolute Gasteiger partial charge is 0.370 e. The molecular weight excluding hydrogens is 436 g/mol. The second kappa shape index (κ2) is 11.5. The molecule has 0 amide bonds. The fraction of sp³-hybridized carbons (Fsp3) is 0.588. The summed E-state index contributed by atoms with van der Waals surface area (Å²) in [5, 5.41) is 0. The molecule has 0 aromatic heterocycles. The van der Waals surface area contributed by atoms with Crippen LogP contribution in [0.15, 0.2) is 42.6 Å². The molecule has 0 saturated carbocycles. The molecule has 0 N–H and O–H groups in total. The maximum atomic E-state index is 4.75. The van der Waals surface area contributed by atoms with Crippen LogP contribution in [0.25, 0.3) is 0 Å². The summed E-state index contributed by atoms with van der Waals surface area (Å²) in [7, 11) is 0. The van der Waals surface area contributed by atoms with Crippen molar-refractivity contribution in [2.45, 2.75) is 98.1 Å². The number of piperidine rings is 1. The standard InChI is InChI=1S/C34H48N2/c1-25(2)21-36(22-28-19-26(3)33-16-7-5-6-11-30(33)20-28)27(4)31-15-10-18-35(23-31)24-32-14-8-12-29-13-9-17-34(29)32/h8,12,14,19-20,25,31H,4-7,9-11,13,15-18,21-24H2,1-3H3. The minimum atomic E-state index is 0.566. The summed E-state index contributed by atoms with van der Waals surface area (Å²) in [6.07, 6.45) is 13.1. The molecule has 1 heterocycles. The molecule has 0 spiro atoms. The molecule has 2 aromatic rings. The van der Waals surface area contributed by atoms with Gasteiger partial charge in [-0.05, 0) is 116 Å². The SMILES string of the molecule is C=C(C1CCCN(Cc2cccc3c2CCC3)C1)N(Cc1cc(C)c2c(c1)CCCCC2)CC(C)C. The summed E-state index contributed by atoms with van der Waals surface area (Å²) in [5.41, 5.74) is 12.5. The highest BCUT2D eigenvalue weighted by Crippen LogP contribution is 2.32. The van der Waals surface area contributed by atoms with E-state index in [-0.39, 0.29) is 0 Å². The van der Waals surface area contributed by atoms with Gasteiger partial charge in [0.05, 0.1) is 0 Å². The quantitative estimate of drug-likeness (QED) is 0.355. The number of rotatable bonds is 8. The number of benzene rings is 2. The Morgan fingerprint density at radius 2 is 1.78 bits per heavy atom. The first-order chi connectivity index (χ1) is 17.5. The molecule has 0 bridgehead atoms. The van der Waals surface area contributed by atoms with Crippen molar-refractivity contribution in [3.63, 3.8) is 0 Å². The van der Waals surface area contributed by atoms with Gasteiger partial charge in [0.15, 0.2) is 0 Å². The third-order valence-corrected chi connectivity index (χ3v) is 8.98. The molecule has 3 aliphatic rings. The molecule has 5 rings (SSSR count). The van der Waals surface area contributed by atoms with Crippen LogP contribution in [-0.4, -0.2) is 29.4 Å². The van der Waals surface area contributed by atoms with Crippen LogP contribution in [-0.2, 0) is 38.8 Å². The van der Waals surface area contributed by atoms with Gasteiger partial charge in [-0.1, -0.05) is 57.2 Å². The summed E-state index contributed by atoms with van der Waals surface area (Å²) < 4.78 is 0. The zero-order valence-corrected chi connectivity index (χ0v) is 23.2. The van der Waals surface area contributed by atoms with E-state index in [0.29, 0.717) is 11.8 Å². The van der Waals surface area contributed by atoms with E-state index in [4.69, 9.17) is 6.58 Å². The van der Waals surface area contributed by atoms with Gasteiger partial charge in [0.25, 0.3) is 0 Å². The lowest BCUT2D eigenvalue weighted by molar-refractivity contribution is 0.154. The first kappa shape index (κ1) is 25.6. The molecule has 2 nitrogen and oxygen atoms in total. The van der Waals surface area contributed by atoms with Gasteiger partial charge in [0, 0.05) is 37.8 Å². The minimum Gasteiger partial charge on any atom is -0.370 e. The lowest BCUT2D eigenvalue weighted by Crippen LogP contribution is -2.40. The van der Waals surface area contributed by atoms with E-state index in [2.05, 4.69) is 60.9 Å². The van der Waals surface area contributed by atoms with Gasteiger partial charge in [-0.2, -0.15) is 0 Å². The topological polar surface area (TPSA) is 6.48 Å². The normalized spacial score (nSPS) is 20.2. The van der Waals surface area contributed by atoms with E-state index in [1.54, 1.807) is 27.8 Å². The van der Waals surface area contributed by atoms with Crippen LogP contribution in [0.1, 0.15) is 91.3 Å². The van der Waals surface area contributed by atoms with Crippen molar-refractivity contribution in [1.82, 2.24) is 9.80 Å². The Bertz CT molecular complexity index is 1070. The van der Waals surface area contributed by atoms with Crippen molar-refractivity contribution in [2.24, 2.45) is 11.8 Å². The van der Waals surface area contributed by atoms with Crippen molar-refractivity contribution in [1.29, 1.82) is 0 Å². The van der Waals surface area contributed by atoms with Gasteiger partial charge >= 0.3 is 0 Å². The Labute approximate surface area is 220 Å². The highest BCUT2D eigenvalue weighted by Gasteiger charge is 2.27. The fourth-order valence-electron chi connectivity index (χ4n) is 7.20. The van der Waals surface area contributed by atoms with Crippen LogP contribution >= 0.6 is 0 Å². The molecule has 2 aliphatic carbocycles. The minimum absolute atomic E-state index is 0.566. The summed E-state index contributed by atoms with van der Waals surface area (Å²) in [4.78, 5) is 5.35. The van der Waals surface area contributed by atoms with E-state index >= 15 is 0 Å². The van der Waals surface area contributed by atoms with Gasteiger partial charge < -0.3 is 4.90 Å². The molecule has 1 aliphatic heterocycles. The Morgan fingerprint density at radius 1 is 0.972 bits per heavy atom. The number of fused-ring (bicyclic) bond motifs is 2. The van der Waals surface area contributed by atoms with Crippen LogP contribution in [0.3, 0.4) is 0 Å². The van der Waals surface area contributed by atoms with Crippen molar-refractivity contribution >= 4 is 0 Å². The zero-order valence-electron chi connectivity index (χ0n) is 23.2. The number of hydrogen-bond donors (Lipinski definition) is 0. The summed E-state index contributed by atoms with van der Waals surface area (Å²) in [6, 6.07) is 12.0. The Balaban J connectivity index is 1.29. The molecular formula is C34H48N2. The first-order valence-corrected chi connectivity index (χ1v) is 14.8. The molecule has 194 valence electrons. The van der Waals surface area contributed by atoms with E-state index in [1.807, 2.05) is 0 Å². The number of aryl methyl sites for hydroxylation is 3. The smallest absolute Gasteiger partial charge is 0.0426 e. The lowest BCUT2D eigenvalue weighted by atomic mass is 9.92. The van der Waals surface area contributed by atoms with E-state index < -0.39 is 0 Å². The molecule has 36 heavy (non-hydrogen) atoms. The summed E-state index contributed by atoms with van der Waals surface area (Å²) in [6.45, 7) is 17.4. The van der Waals surface area contributed by atoms with Crippen LogP contribution < -0.4 is 0 Å². The highest BCUT2D eigenvalue weighted by atomic mass is 15.2. The second-order valence-corrected chi connectivity index (χ2v) is 12.4. The molecule has 0 radical (unpaired) electrons. The van der Waals surface area contributed by atoms with Crippen LogP contribution in [0.2, 0.25) is 0 Å². The molecule has 1 saturated heterocycles. The average molecular weight is 485 g/mol. The average Bonchev–Trinajstić information content (AvgIpc) is 3.22. The van der Waals surface area contributed by atoms with E-state index in [9.17, 15) is 0 Å².